The number of sulfonamides is 1. The van der Waals surface area contributed by atoms with Crippen LogP contribution in [0.1, 0.15) is 39.9 Å². The molecule has 33 heavy (non-hydrogen) atoms. The Morgan fingerprint density at radius 1 is 1.09 bits per heavy atom. The molecule has 2 aromatic carbocycles. The van der Waals surface area contributed by atoms with E-state index in [1.54, 1.807) is 43.2 Å². The van der Waals surface area contributed by atoms with Crippen molar-refractivity contribution in [2.75, 3.05) is 31.5 Å². The number of amides is 2. The van der Waals surface area contributed by atoms with E-state index in [4.69, 9.17) is 4.74 Å². The molecule has 0 bridgehead atoms. The molecular weight excluding hydrogens is 442 g/mol. The second kappa shape index (κ2) is 10.4. The smallest absolute Gasteiger partial charge is 0.262 e. The lowest BCUT2D eigenvalue weighted by atomic mass is 10.1. The zero-order valence-corrected chi connectivity index (χ0v) is 20.3. The minimum atomic E-state index is -3.83. The summed E-state index contributed by atoms with van der Waals surface area (Å²) in [5.41, 5.74) is 3.17. The summed E-state index contributed by atoms with van der Waals surface area (Å²) in [6.07, 6.45) is 1.31. The summed E-state index contributed by atoms with van der Waals surface area (Å²) in [5, 5.41) is 2.79. The first-order chi connectivity index (χ1) is 15.6. The zero-order chi connectivity index (χ0) is 24.2. The van der Waals surface area contributed by atoms with Crippen LogP contribution in [0.15, 0.2) is 41.3 Å². The number of hydrogen-bond donors (Lipinski definition) is 2. The van der Waals surface area contributed by atoms with E-state index in [1.165, 1.54) is 6.07 Å². The van der Waals surface area contributed by atoms with Gasteiger partial charge in [-0.05, 0) is 74.6 Å². The number of anilines is 1. The Morgan fingerprint density at radius 3 is 2.55 bits per heavy atom. The van der Waals surface area contributed by atoms with Crippen LogP contribution in [0.25, 0.3) is 0 Å². The Bertz CT molecular complexity index is 1150. The molecule has 9 heteroatoms. The standard InChI is InChI=1S/C24H31N3O5S/c1-16-13-18(3)22(14-17(16)2)33(30,31)26-20-8-5-7-19(15-20)24(29)27-11-6-9-21(27)23(28)25-10-12-32-4/h5,7-8,13-15,21,26H,6,9-12H2,1-4H3,(H,25,28). The summed E-state index contributed by atoms with van der Waals surface area (Å²) in [4.78, 5) is 27.4. The summed E-state index contributed by atoms with van der Waals surface area (Å²) in [5.74, 6) is -0.511. The number of ether oxygens (including phenoxy) is 1. The maximum absolute atomic E-state index is 13.2. The molecule has 178 valence electrons. The lowest BCUT2D eigenvalue weighted by Crippen LogP contribution is -2.46. The minimum absolute atomic E-state index is 0.203. The third-order valence-electron chi connectivity index (χ3n) is 5.86. The molecule has 0 spiro atoms. The number of rotatable bonds is 8. The topological polar surface area (TPSA) is 105 Å². The van der Waals surface area contributed by atoms with Gasteiger partial charge in [-0.3, -0.25) is 14.3 Å². The number of carbonyl (C=O) groups is 2. The first kappa shape index (κ1) is 24.7. The second-order valence-electron chi connectivity index (χ2n) is 8.33. The maximum atomic E-state index is 13.2. The third kappa shape index (κ3) is 5.72. The van der Waals surface area contributed by atoms with Crippen LogP contribution in [-0.4, -0.2) is 58.0 Å². The summed E-state index contributed by atoms with van der Waals surface area (Å²) >= 11 is 0. The Balaban J connectivity index is 1.78. The van der Waals surface area contributed by atoms with E-state index >= 15 is 0 Å². The van der Waals surface area contributed by atoms with E-state index in [9.17, 15) is 18.0 Å². The quantitative estimate of drug-likeness (QED) is 0.574. The molecule has 1 fully saturated rings. The lowest BCUT2D eigenvalue weighted by molar-refractivity contribution is -0.125. The first-order valence-electron chi connectivity index (χ1n) is 10.9. The van der Waals surface area contributed by atoms with Gasteiger partial charge in [0, 0.05) is 31.5 Å². The van der Waals surface area contributed by atoms with Crippen LogP contribution >= 0.6 is 0 Å². The van der Waals surface area contributed by atoms with Crippen molar-refractivity contribution in [3.8, 4) is 0 Å². The van der Waals surface area contributed by atoms with Crippen LogP contribution in [0, 0.1) is 20.8 Å². The van der Waals surface area contributed by atoms with Crippen LogP contribution in [-0.2, 0) is 19.6 Å². The Hall–Kier alpha value is -2.91. The Morgan fingerprint density at radius 2 is 1.82 bits per heavy atom. The minimum Gasteiger partial charge on any atom is -0.383 e. The summed E-state index contributed by atoms with van der Waals surface area (Å²) in [6.45, 7) is 6.80. The normalized spacial score (nSPS) is 16.0. The van der Waals surface area contributed by atoms with Crippen molar-refractivity contribution in [2.45, 2.75) is 44.6 Å². The number of nitrogens with one attached hydrogen (secondary N) is 2. The largest absolute Gasteiger partial charge is 0.383 e. The number of aryl methyl sites for hydroxylation is 3. The molecule has 2 N–H and O–H groups in total. The molecule has 8 nitrogen and oxygen atoms in total. The molecular formula is C24H31N3O5S. The number of methoxy groups -OCH3 is 1. The summed E-state index contributed by atoms with van der Waals surface area (Å²) in [7, 11) is -2.28. The number of benzene rings is 2. The fraction of sp³-hybridized carbons (Fsp3) is 0.417. The number of likely N-dealkylation sites (tertiary alicyclic amines) is 1. The highest BCUT2D eigenvalue weighted by Gasteiger charge is 2.34. The average Bonchev–Trinajstić information content (AvgIpc) is 3.25. The van der Waals surface area contributed by atoms with Gasteiger partial charge < -0.3 is 15.0 Å². The van der Waals surface area contributed by atoms with Crippen molar-refractivity contribution in [2.24, 2.45) is 0 Å². The lowest BCUT2D eigenvalue weighted by Gasteiger charge is -2.24. The van der Waals surface area contributed by atoms with Crippen molar-refractivity contribution in [1.82, 2.24) is 10.2 Å². The van der Waals surface area contributed by atoms with E-state index < -0.39 is 16.1 Å². The predicted octanol–water partition coefficient (Wildman–Crippen LogP) is 2.78. The van der Waals surface area contributed by atoms with E-state index in [-0.39, 0.29) is 16.7 Å². The average molecular weight is 474 g/mol. The molecule has 1 saturated heterocycles. The highest BCUT2D eigenvalue weighted by molar-refractivity contribution is 7.92. The highest BCUT2D eigenvalue weighted by Crippen LogP contribution is 2.25. The fourth-order valence-corrected chi connectivity index (χ4v) is 5.35. The van der Waals surface area contributed by atoms with Crippen molar-refractivity contribution in [3.05, 3.63) is 58.7 Å². The highest BCUT2D eigenvalue weighted by atomic mass is 32.2. The molecule has 1 atom stereocenters. The van der Waals surface area contributed by atoms with Gasteiger partial charge in [0.1, 0.15) is 6.04 Å². The summed E-state index contributed by atoms with van der Waals surface area (Å²) in [6, 6.07) is 9.31. The van der Waals surface area contributed by atoms with E-state index in [0.717, 1.165) is 17.5 Å². The van der Waals surface area contributed by atoms with Crippen molar-refractivity contribution >= 4 is 27.5 Å². The fourth-order valence-electron chi connectivity index (χ4n) is 3.99. The molecule has 2 aromatic rings. The van der Waals surface area contributed by atoms with Gasteiger partial charge in [-0.15, -0.1) is 0 Å². The number of nitrogens with zero attached hydrogens (tertiary/aromatic N) is 1. The Labute approximate surface area is 195 Å². The molecule has 0 aromatic heterocycles. The Kier molecular flexibility index (Phi) is 7.76. The van der Waals surface area contributed by atoms with Crippen LogP contribution in [0.4, 0.5) is 5.69 Å². The van der Waals surface area contributed by atoms with Gasteiger partial charge in [0.25, 0.3) is 15.9 Å². The number of hydrogen-bond acceptors (Lipinski definition) is 5. The van der Waals surface area contributed by atoms with E-state index in [1.807, 2.05) is 19.9 Å². The van der Waals surface area contributed by atoms with Gasteiger partial charge in [-0.25, -0.2) is 8.42 Å². The molecule has 0 saturated carbocycles. The van der Waals surface area contributed by atoms with Gasteiger partial charge in [-0.2, -0.15) is 0 Å². The van der Waals surface area contributed by atoms with Gasteiger partial charge in [0.05, 0.1) is 11.5 Å². The molecule has 0 aliphatic carbocycles. The van der Waals surface area contributed by atoms with E-state index in [0.29, 0.717) is 42.9 Å². The van der Waals surface area contributed by atoms with E-state index in [2.05, 4.69) is 10.0 Å². The molecule has 0 radical (unpaired) electrons. The van der Waals surface area contributed by atoms with Crippen LogP contribution < -0.4 is 10.0 Å². The van der Waals surface area contributed by atoms with Crippen LogP contribution in [0.2, 0.25) is 0 Å². The van der Waals surface area contributed by atoms with Gasteiger partial charge in [0.2, 0.25) is 5.91 Å². The maximum Gasteiger partial charge on any atom is 0.262 e. The predicted molar refractivity (Wildman–Crippen MR) is 127 cm³/mol. The van der Waals surface area contributed by atoms with Gasteiger partial charge >= 0.3 is 0 Å². The molecule has 1 heterocycles. The van der Waals surface area contributed by atoms with Crippen LogP contribution in [0.5, 0.6) is 0 Å². The van der Waals surface area contributed by atoms with Crippen molar-refractivity contribution in [1.29, 1.82) is 0 Å². The molecule has 1 aliphatic rings. The monoisotopic (exact) mass is 473 g/mol. The summed E-state index contributed by atoms with van der Waals surface area (Å²) < 4.78 is 33.6. The SMILES string of the molecule is COCCNC(=O)C1CCCN1C(=O)c1cccc(NS(=O)(=O)c2cc(C)c(C)cc2C)c1. The molecule has 1 unspecified atom stereocenters. The third-order valence-corrected chi connectivity index (χ3v) is 7.39. The molecule has 3 rings (SSSR count). The molecule has 2 amide bonds. The van der Waals surface area contributed by atoms with Crippen molar-refractivity contribution < 1.29 is 22.7 Å². The molecule has 1 aliphatic heterocycles. The first-order valence-corrected chi connectivity index (χ1v) is 12.4. The second-order valence-corrected chi connectivity index (χ2v) is 9.98. The van der Waals surface area contributed by atoms with Gasteiger partial charge in [-0.1, -0.05) is 12.1 Å². The van der Waals surface area contributed by atoms with Crippen LogP contribution in [0.3, 0.4) is 0 Å². The zero-order valence-electron chi connectivity index (χ0n) is 19.5. The van der Waals surface area contributed by atoms with Gasteiger partial charge in [0.15, 0.2) is 0 Å². The number of carbonyl (C=O) groups excluding carboxylic acids is 2. The van der Waals surface area contributed by atoms with Crippen molar-refractivity contribution in [3.63, 3.8) is 0 Å².